The molecule has 1 amide bonds. The summed E-state index contributed by atoms with van der Waals surface area (Å²) in [6.07, 6.45) is 5.97. The largest absolute Gasteiger partial charge is 0.449 e. The topological polar surface area (TPSA) is 38.8 Å². The molecule has 1 rings (SSSR count). The molecule has 0 aliphatic carbocycles. The molecule has 1 saturated heterocycles. The summed E-state index contributed by atoms with van der Waals surface area (Å²) in [5.74, 6) is 0. The molecule has 0 aromatic heterocycles. The highest BCUT2D eigenvalue weighted by atomic mass is 16.6. The van der Waals surface area contributed by atoms with E-state index in [9.17, 15) is 4.79 Å². The van der Waals surface area contributed by atoms with Crippen molar-refractivity contribution in [2.45, 2.75) is 51.7 Å². The number of ether oxygens (including phenoxy) is 2. The van der Waals surface area contributed by atoms with Gasteiger partial charge in [-0.25, -0.2) is 4.79 Å². The maximum absolute atomic E-state index is 11.6. The van der Waals surface area contributed by atoms with Crippen molar-refractivity contribution in [3.05, 3.63) is 0 Å². The first-order chi connectivity index (χ1) is 7.75. The predicted molar refractivity (Wildman–Crippen MR) is 62.2 cm³/mol. The van der Waals surface area contributed by atoms with Gasteiger partial charge in [0.15, 0.2) is 0 Å². The summed E-state index contributed by atoms with van der Waals surface area (Å²) in [6.45, 7) is 3.39. The minimum absolute atomic E-state index is 0.0903. The summed E-state index contributed by atoms with van der Waals surface area (Å²) >= 11 is 0. The van der Waals surface area contributed by atoms with E-state index in [2.05, 4.69) is 6.92 Å². The number of carbonyl (C=O) groups excluding carboxylic acids is 1. The average molecular weight is 229 g/mol. The Hall–Kier alpha value is -0.770. The first-order valence-electron chi connectivity index (χ1n) is 6.27. The van der Waals surface area contributed by atoms with Gasteiger partial charge < -0.3 is 9.47 Å². The van der Waals surface area contributed by atoms with Gasteiger partial charge in [0, 0.05) is 13.7 Å². The van der Waals surface area contributed by atoms with Crippen molar-refractivity contribution in [2.24, 2.45) is 0 Å². The second-order valence-electron chi connectivity index (χ2n) is 4.25. The smallest absolute Gasteiger partial charge is 0.411 e. The van der Waals surface area contributed by atoms with Crippen molar-refractivity contribution in [3.63, 3.8) is 0 Å². The van der Waals surface area contributed by atoms with Crippen LogP contribution in [0.15, 0.2) is 0 Å². The molecule has 0 aromatic rings. The lowest BCUT2D eigenvalue weighted by Crippen LogP contribution is -2.41. The zero-order valence-electron chi connectivity index (χ0n) is 10.4. The van der Waals surface area contributed by atoms with E-state index < -0.39 is 0 Å². The van der Waals surface area contributed by atoms with E-state index in [0.717, 1.165) is 45.1 Å². The third kappa shape index (κ3) is 4.39. The molecule has 4 nitrogen and oxygen atoms in total. The van der Waals surface area contributed by atoms with Crippen LogP contribution in [0.1, 0.15) is 45.4 Å². The first-order valence-corrected chi connectivity index (χ1v) is 6.27. The standard InChI is InChI=1S/C12H23NO3/c1-3-4-6-10-16-12(14)13(2)11-8-5-7-9-15-11/h11H,3-10H2,1-2H3. The third-order valence-corrected chi connectivity index (χ3v) is 2.85. The van der Waals surface area contributed by atoms with Gasteiger partial charge in [-0.1, -0.05) is 19.8 Å². The number of rotatable bonds is 5. The van der Waals surface area contributed by atoms with Gasteiger partial charge in [0.25, 0.3) is 0 Å². The van der Waals surface area contributed by atoms with E-state index in [1.807, 2.05) is 0 Å². The molecule has 0 bridgehead atoms. The fourth-order valence-corrected chi connectivity index (χ4v) is 1.76. The van der Waals surface area contributed by atoms with Crippen molar-refractivity contribution in [2.75, 3.05) is 20.3 Å². The monoisotopic (exact) mass is 229 g/mol. The number of hydrogen-bond donors (Lipinski definition) is 0. The number of unbranched alkanes of at least 4 members (excludes halogenated alkanes) is 2. The SMILES string of the molecule is CCCCCOC(=O)N(C)C1CCCCO1. The van der Waals surface area contributed by atoms with E-state index in [4.69, 9.17) is 9.47 Å². The van der Waals surface area contributed by atoms with Gasteiger partial charge in [-0.3, -0.25) is 4.90 Å². The second-order valence-corrected chi connectivity index (χ2v) is 4.25. The fraction of sp³-hybridized carbons (Fsp3) is 0.917. The van der Waals surface area contributed by atoms with E-state index in [1.54, 1.807) is 11.9 Å². The molecule has 0 spiro atoms. The van der Waals surface area contributed by atoms with Crippen LogP contribution in [0, 0.1) is 0 Å². The molecule has 1 atom stereocenters. The first kappa shape index (κ1) is 13.3. The van der Waals surface area contributed by atoms with Crippen LogP contribution in [0.4, 0.5) is 4.79 Å². The predicted octanol–water partition coefficient (Wildman–Crippen LogP) is 2.77. The summed E-state index contributed by atoms with van der Waals surface area (Å²) < 4.78 is 10.7. The molecular weight excluding hydrogens is 206 g/mol. The van der Waals surface area contributed by atoms with Crippen molar-refractivity contribution in [1.82, 2.24) is 4.90 Å². The van der Waals surface area contributed by atoms with E-state index in [1.165, 1.54) is 0 Å². The van der Waals surface area contributed by atoms with Crippen LogP contribution in [0.25, 0.3) is 0 Å². The highest BCUT2D eigenvalue weighted by molar-refractivity contribution is 5.67. The van der Waals surface area contributed by atoms with Crippen molar-refractivity contribution >= 4 is 6.09 Å². The van der Waals surface area contributed by atoms with Gasteiger partial charge >= 0.3 is 6.09 Å². The van der Waals surface area contributed by atoms with Crippen molar-refractivity contribution < 1.29 is 14.3 Å². The van der Waals surface area contributed by atoms with Gasteiger partial charge in [-0.05, 0) is 25.7 Å². The van der Waals surface area contributed by atoms with Crippen LogP contribution in [-0.2, 0) is 9.47 Å². The van der Waals surface area contributed by atoms with Gasteiger partial charge in [0.1, 0.15) is 6.23 Å². The number of amides is 1. The Morgan fingerprint density at radius 2 is 2.25 bits per heavy atom. The maximum Gasteiger partial charge on any atom is 0.411 e. The lowest BCUT2D eigenvalue weighted by atomic mass is 10.2. The molecule has 1 heterocycles. The minimum Gasteiger partial charge on any atom is -0.449 e. The third-order valence-electron chi connectivity index (χ3n) is 2.85. The Bertz CT molecular complexity index is 202. The highest BCUT2D eigenvalue weighted by Gasteiger charge is 2.23. The van der Waals surface area contributed by atoms with E-state index in [0.29, 0.717) is 6.61 Å². The normalized spacial score (nSPS) is 20.5. The van der Waals surface area contributed by atoms with Crippen molar-refractivity contribution in [3.8, 4) is 0 Å². The Morgan fingerprint density at radius 3 is 2.88 bits per heavy atom. The van der Waals surface area contributed by atoms with E-state index in [-0.39, 0.29) is 12.3 Å². The van der Waals surface area contributed by atoms with Gasteiger partial charge in [0.05, 0.1) is 6.61 Å². The lowest BCUT2D eigenvalue weighted by molar-refractivity contribution is -0.0684. The summed E-state index contributed by atoms with van der Waals surface area (Å²) in [6, 6.07) is 0. The van der Waals surface area contributed by atoms with Crippen molar-refractivity contribution in [1.29, 1.82) is 0 Å². The Labute approximate surface area is 97.9 Å². The quantitative estimate of drug-likeness (QED) is 0.680. The number of nitrogens with zero attached hydrogens (tertiary/aromatic N) is 1. The highest BCUT2D eigenvalue weighted by Crippen LogP contribution is 2.16. The molecule has 94 valence electrons. The van der Waals surface area contributed by atoms with Crippen LogP contribution >= 0.6 is 0 Å². The van der Waals surface area contributed by atoms with Gasteiger partial charge in [-0.2, -0.15) is 0 Å². The molecule has 0 radical (unpaired) electrons. The molecule has 4 heteroatoms. The van der Waals surface area contributed by atoms with Crippen LogP contribution in [0.5, 0.6) is 0 Å². The molecular formula is C12H23NO3. The molecule has 1 aliphatic heterocycles. The molecule has 1 unspecified atom stereocenters. The van der Waals surface area contributed by atoms with Crippen LogP contribution in [-0.4, -0.2) is 37.5 Å². The molecule has 16 heavy (non-hydrogen) atoms. The molecule has 0 N–H and O–H groups in total. The summed E-state index contributed by atoms with van der Waals surface area (Å²) in [5.41, 5.74) is 0. The van der Waals surface area contributed by atoms with Gasteiger partial charge in [-0.15, -0.1) is 0 Å². The van der Waals surface area contributed by atoms with Crippen LogP contribution < -0.4 is 0 Å². The summed E-state index contributed by atoms with van der Waals surface area (Å²) in [4.78, 5) is 13.2. The second kappa shape index (κ2) is 7.49. The molecule has 1 fully saturated rings. The average Bonchev–Trinajstić information content (AvgIpc) is 2.34. The van der Waals surface area contributed by atoms with Crippen LogP contribution in [0.2, 0.25) is 0 Å². The lowest BCUT2D eigenvalue weighted by Gasteiger charge is -2.30. The molecule has 0 aromatic carbocycles. The van der Waals surface area contributed by atoms with Crippen LogP contribution in [0.3, 0.4) is 0 Å². The van der Waals surface area contributed by atoms with Gasteiger partial charge in [0.2, 0.25) is 0 Å². The number of carbonyl (C=O) groups is 1. The van der Waals surface area contributed by atoms with E-state index >= 15 is 0 Å². The molecule has 1 aliphatic rings. The maximum atomic E-state index is 11.6. The fourth-order valence-electron chi connectivity index (χ4n) is 1.76. The Kier molecular flexibility index (Phi) is 6.23. The zero-order chi connectivity index (χ0) is 11.8. The summed E-state index contributed by atoms with van der Waals surface area (Å²) in [7, 11) is 1.75. The zero-order valence-corrected chi connectivity index (χ0v) is 10.4. The molecule has 0 saturated carbocycles. The number of hydrogen-bond acceptors (Lipinski definition) is 3. The minimum atomic E-state index is -0.261. The summed E-state index contributed by atoms with van der Waals surface area (Å²) in [5, 5.41) is 0. The Balaban J connectivity index is 2.18. The Morgan fingerprint density at radius 1 is 1.44 bits per heavy atom.